The molecule has 0 bridgehead atoms. The third-order valence-corrected chi connectivity index (χ3v) is 2.27. The Morgan fingerprint density at radius 1 is 1.35 bits per heavy atom. The second-order valence-electron chi connectivity index (χ2n) is 3.50. The van der Waals surface area contributed by atoms with Crippen molar-refractivity contribution in [3.05, 3.63) is 35.6 Å². The zero-order valence-electron chi connectivity index (χ0n) is 10.1. The molecule has 0 saturated carbocycles. The van der Waals surface area contributed by atoms with Crippen molar-refractivity contribution in [2.75, 3.05) is 14.1 Å². The second kappa shape index (κ2) is 6.22. The highest BCUT2D eigenvalue weighted by Crippen LogP contribution is 2.06. The summed E-state index contributed by atoms with van der Waals surface area (Å²) in [4.78, 5) is 8.21. The number of hydrogen-bond donors (Lipinski definition) is 2. The second-order valence-corrected chi connectivity index (χ2v) is 3.50. The quantitative estimate of drug-likeness (QED) is 0.471. The van der Waals surface area contributed by atoms with E-state index in [0.29, 0.717) is 17.1 Å². The number of nitrogens with zero attached hydrogens (tertiary/aromatic N) is 2. The van der Waals surface area contributed by atoms with Crippen LogP contribution in [0.25, 0.3) is 0 Å². The molecule has 1 rings (SSSR count). The fraction of sp³-hybridized carbons (Fsp3) is 0.333. The van der Waals surface area contributed by atoms with Crippen molar-refractivity contribution in [1.29, 1.82) is 0 Å². The molecule has 4 nitrogen and oxygen atoms in total. The van der Waals surface area contributed by atoms with Crippen molar-refractivity contribution < 1.29 is 9.50 Å². The van der Waals surface area contributed by atoms with Crippen LogP contribution in [0.2, 0.25) is 0 Å². The molecule has 92 valence electrons. The summed E-state index contributed by atoms with van der Waals surface area (Å²) in [6.45, 7) is 1.69. The summed E-state index contributed by atoms with van der Waals surface area (Å²) in [7, 11) is 3.23. The van der Waals surface area contributed by atoms with Gasteiger partial charge in [-0.1, -0.05) is 0 Å². The first-order chi connectivity index (χ1) is 8.08. The average Bonchev–Trinajstić information content (AvgIpc) is 2.35. The summed E-state index contributed by atoms with van der Waals surface area (Å²) in [5.74, 6) is 0.150. The van der Waals surface area contributed by atoms with Gasteiger partial charge in [0.05, 0.1) is 5.71 Å². The van der Waals surface area contributed by atoms with Crippen LogP contribution in [-0.2, 0) is 0 Å². The van der Waals surface area contributed by atoms with Crippen LogP contribution in [0, 0.1) is 5.82 Å². The number of amidine groups is 1. The van der Waals surface area contributed by atoms with Crippen LogP contribution in [0.5, 0.6) is 0 Å². The van der Waals surface area contributed by atoms with Gasteiger partial charge in [0, 0.05) is 12.6 Å². The number of nitrogens with one attached hydrogen (secondary N) is 1. The smallest absolute Gasteiger partial charge is 0.154 e. The lowest BCUT2D eigenvalue weighted by Crippen LogP contribution is -2.32. The summed E-state index contributed by atoms with van der Waals surface area (Å²) in [5, 5.41) is 12.2. The number of aliphatic hydroxyl groups excluding tert-OH is 1. The summed E-state index contributed by atoms with van der Waals surface area (Å²) in [6.07, 6.45) is -0.813. The molecule has 17 heavy (non-hydrogen) atoms. The normalized spacial score (nSPS) is 14.9. The standard InChI is InChI=1S/C12H16FN3O/c1-8(12(17)15-3)16-11(14-2)9-4-6-10(13)7-5-9/h4-7,12,15,17H,1-3H3. The van der Waals surface area contributed by atoms with E-state index in [4.69, 9.17) is 0 Å². The number of aliphatic hydroxyl groups is 1. The Hall–Kier alpha value is -1.59. The first kappa shape index (κ1) is 13.5. The van der Waals surface area contributed by atoms with E-state index < -0.39 is 6.23 Å². The molecule has 1 atom stereocenters. The molecule has 1 aromatic carbocycles. The molecule has 0 aliphatic carbocycles. The van der Waals surface area contributed by atoms with Gasteiger partial charge in [0.1, 0.15) is 12.0 Å². The van der Waals surface area contributed by atoms with Gasteiger partial charge in [0.25, 0.3) is 0 Å². The molecular formula is C12H16FN3O. The minimum absolute atomic E-state index is 0.305. The van der Waals surface area contributed by atoms with Gasteiger partial charge in [-0.3, -0.25) is 10.3 Å². The Morgan fingerprint density at radius 2 is 1.94 bits per heavy atom. The summed E-state index contributed by atoms with van der Waals surface area (Å²) in [5.41, 5.74) is 1.20. The molecule has 0 aliphatic heterocycles. The Labute approximate surface area is 99.9 Å². The Kier molecular flexibility index (Phi) is 4.93. The van der Waals surface area contributed by atoms with Gasteiger partial charge in [-0.25, -0.2) is 9.38 Å². The molecule has 0 aromatic heterocycles. The molecular weight excluding hydrogens is 221 g/mol. The van der Waals surface area contributed by atoms with E-state index in [0.717, 1.165) is 0 Å². The lowest BCUT2D eigenvalue weighted by atomic mass is 10.2. The highest BCUT2D eigenvalue weighted by Gasteiger charge is 2.07. The first-order valence-corrected chi connectivity index (χ1v) is 5.21. The lowest BCUT2D eigenvalue weighted by molar-refractivity contribution is 0.213. The molecule has 0 fully saturated rings. The monoisotopic (exact) mass is 237 g/mol. The predicted molar refractivity (Wildman–Crippen MR) is 67.0 cm³/mol. The molecule has 5 heteroatoms. The summed E-state index contributed by atoms with van der Waals surface area (Å²) < 4.78 is 12.8. The van der Waals surface area contributed by atoms with Gasteiger partial charge in [-0.2, -0.15) is 0 Å². The average molecular weight is 237 g/mol. The van der Waals surface area contributed by atoms with Crippen molar-refractivity contribution in [2.24, 2.45) is 9.98 Å². The third kappa shape index (κ3) is 3.72. The molecule has 1 unspecified atom stereocenters. The lowest BCUT2D eigenvalue weighted by Gasteiger charge is -2.09. The molecule has 0 amide bonds. The SMILES string of the molecule is CN=C(N=C(C)C(O)NC)c1ccc(F)cc1. The van der Waals surface area contributed by atoms with Crippen molar-refractivity contribution in [3.8, 4) is 0 Å². The number of benzene rings is 1. The van der Waals surface area contributed by atoms with Crippen molar-refractivity contribution in [1.82, 2.24) is 5.32 Å². The van der Waals surface area contributed by atoms with Crippen LogP contribution in [0.3, 0.4) is 0 Å². The van der Waals surface area contributed by atoms with E-state index >= 15 is 0 Å². The maximum Gasteiger partial charge on any atom is 0.154 e. The van der Waals surface area contributed by atoms with Crippen molar-refractivity contribution >= 4 is 11.5 Å². The molecule has 0 aliphatic rings. The van der Waals surface area contributed by atoms with E-state index in [1.807, 2.05) is 0 Å². The van der Waals surface area contributed by atoms with Gasteiger partial charge < -0.3 is 5.11 Å². The fourth-order valence-corrected chi connectivity index (χ4v) is 1.28. The number of halogens is 1. The van der Waals surface area contributed by atoms with Crippen LogP contribution in [0.4, 0.5) is 4.39 Å². The maximum absolute atomic E-state index is 12.8. The van der Waals surface area contributed by atoms with Gasteiger partial charge in [-0.15, -0.1) is 0 Å². The summed E-state index contributed by atoms with van der Waals surface area (Å²) >= 11 is 0. The minimum atomic E-state index is -0.813. The van der Waals surface area contributed by atoms with E-state index in [1.54, 1.807) is 33.2 Å². The number of hydrogen-bond acceptors (Lipinski definition) is 3. The summed E-state index contributed by atoms with van der Waals surface area (Å²) in [6, 6.07) is 5.89. The number of rotatable bonds is 3. The highest BCUT2D eigenvalue weighted by atomic mass is 19.1. The fourth-order valence-electron chi connectivity index (χ4n) is 1.28. The van der Waals surface area contributed by atoms with Crippen LogP contribution < -0.4 is 5.32 Å². The maximum atomic E-state index is 12.8. The first-order valence-electron chi connectivity index (χ1n) is 5.21. The van der Waals surface area contributed by atoms with Crippen molar-refractivity contribution in [3.63, 3.8) is 0 Å². The zero-order valence-corrected chi connectivity index (χ0v) is 10.1. The Morgan fingerprint density at radius 3 is 2.41 bits per heavy atom. The topological polar surface area (TPSA) is 57.0 Å². The van der Waals surface area contributed by atoms with E-state index in [1.165, 1.54) is 12.1 Å². The van der Waals surface area contributed by atoms with Crippen LogP contribution in [0.15, 0.2) is 34.3 Å². The van der Waals surface area contributed by atoms with Crippen LogP contribution in [0.1, 0.15) is 12.5 Å². The van der Waals surface area contributed by atoms with E-state index in [9.17, 15) is 9.50 Å². The third-order valence-electron chi connectivity index (χ3n) is 2.27. The van der Waals surface area contributed by atoms with Gasteiger partial charge in [0.15, 0.2) is 5.84 Å². The zero-order chi connectivity index (χ0) is 12.8. The predicted octanol–water partition coefficient (Wildman–Crippen LogP) is 1.20. The molecule has 0 radical (unpaired) electrons. The number of aliphatic imine (C=N–C) groups is 2. The van der Waals surface area contributed by atoms with Gasteiger partial charge in [0.2, 0.25) is 0 Å². The Bertz CT molecular complexity index is 426. The Balaban J connectivity index is 2.98. The van der Waals surface area contributed by atoms with E-state index in [-0.39, 0.29) is 5.82 Å². The molecule has 1 aromatic rings. The largest absolute Gasteiger partial charge is 0.373 e. The van der Waals surface area contributed by atoms with Crippen LogP contribution in [-0.4, -0.2) is 37.0 Å². The minimum Gasteiger partial charge on any atom is -0.373 e. The van der Waals surface area contributed by atoms with Gasteiger partial charge in [-0.05, 0) is 38.2 Å². The molecule has 0 spiro atoms. The highest BCUT2D eigenvalue weighted by molar-refractivity contribution is 6.07. The van der Waals surface area contributed by atoms with Crippen molar-refractivity contribution in [2.45, 2.75) is 13.2 Å². The molecule has 0 saturated heterocycles. The molecule has 0 heterocycles. The molecule has 2 N–H and O–H groups in total. The van der Waals surface area contributed by atoms with Crippen LogP contribution >= 0.6 is 0 Å². The van der Waals surface area contributed by atoms with Gasteiger partial charge >= 0.3 is 0 Å². The van der Waals surface area contributed by atoms with E-state index in [2.05, 4.69) is 15.3 Å².